The summed E-state index contributed by atoms with van der Waals surface area (Å²) in [6.07, 6.45) is 61.2. The van der Waals surface area contributed by atoms with E-state index in [4.69, 9.17) is 4.74 Å². The fourth-order valence-electron chi connectivity index (χ4n) is 8.02. The molecular formula is C55H103NO5. The van der Waals surface area contributed by atoms with Crippen molar-refractivity contribution in [1.29, 1.82) is 0 Å². The molecule has 358 valence electrons. The van der Waals surface area contributed by atoms with Crippen molar-refractivity contribution >= 4 is 11.9 Å². The van der Waals surface area contributed by atoms with Gasteiger partial charge in [0.05, 0.1) is 25.4 Å². The largest absolute Gasteiger partial charge is 0.466 e. The number of allylic oxidation sites excluding steroid dienone is 6. The lowest BCUT2D eigenvalue weighted by atomic mass is 10.0. The molecule has 3 N–H and O–H groups in total. The Morgan fingerprint density at radius 2 is 0.820 bits per heavy atom. The average Bonchev–Trinajstić information content (AvgIpc) is 3.26. The summed E-state index contributed by atoms with van der Waals surface area (Å²) in [5.74, 6) is -0.0765. The highest BCUT2D eigenvalue weighted by molar-refractivity contribution is 5.76. The summed E-state index contributed by atoms with van der Waals surface area (Å²) in [5.41, 5.74) is 0. The third-order valence-corrected chi connectivity index (χ3v) is 12.2. The predicted molar refractivity (Wildman–Crippen MR) is 264 cm³/mol. The number of carbonyl (C=O) groups excluding carboxylic acids is 2. The summed E-state index contributed by atoms with van der Waals surface area (Å²) in [6.45, 7) is 4.89. The summed E-state index contributed by atoms with van der Waals surface area (Å²) in [5, 5.41) is 23.2. The Bertz CT molecular complexity index is 993. The van der Waals surface area contributed by atoms with Gasteiger partial charge in [0.2, 0.25) is 5.91 Å². The first-order valence-electron chi connectivity index (χ1n) is 26.7. The average molecular weight is 858 g/mol. The Morgan fingerprint density at radius 1 is 0.459 bits per heavy atom. The third kappa shape index (κ3) is 47.4. The van der Waals surface area contributed by atoms with Crippen LogP contribution in [0.5, 0.6) is 0 Å². The molecule has 0 spiro atoms. The molecule has 6 nitrogen and oxygen atoms in total. The minimum atomic E-state index is -0.674. The Kier molecular flexibility index (Phi) is 49.1. The molecule has 61 heavy (non-hydrogen) atoms. The maximum Gasteiger partial charge on any atom is 0.305 e. The smallest absolute Gasteiger partial charge is 0.305 e. The van der Waals surface area contributed by atoms with E-state index in [2.05, 4.69) is 55.6 Å². The van der Waals surface area contributed by atoms with Crippen molar-refractivity contribution in [2.24, 2.45) is 0 Å². The lowest BCUT2D eigenvalue weighted by Gasteiger charge is -2.22. The fourth-order valence-corrected chi connectivity index (χ4v) is 8.02. The molecule has 2 atom stereocenters. The normalized spacial score (nSPS) is 12.9. The van der Waals surface area contributed by atoms with Gasteiger partial charge in [0.15, 0.2) is 0 Å². The molecule has 0 fully saturated rings. The second-order valence-corrected chi connectivity index (χ2v) is 18.2. The highest BCUT2D eigenvalue weighted by atomic mass is 16.5. The number of ether oxygens (including phenoxy) is 1. The summed E-state index contributed by atoms with van der Waals surface area (Å²) < 4.78 is 5.44. The van der Waals surface area contributed by atoms with Crippen LogP contribution in [0, 0.1) is 0 Å². The molecule has 0 aromatic rings. The molecule has 0 rings (SSSR count). The first-order chi connectivity index (χ1) is 30.0. The van der Waals surface area contributed by atoms with E-state index in [1.165, 1.54) is 161 Å². The Balaban J connectivity index is 3.51. The Labute approximate surface area is 379 Å². The second kappa shape index (κ2) is 50.7. The molecule has 0 aliphatic carbocycles. The maximum atomic E-state index is 12.4. The van der Waals surface area contributed by atoms with Crippen LogP contribution in [0.3, 0.4) is 0 Å². The third-order valence-electron chi connectivity index (χ3n) is 12.2. The Morgan fingerprint density at radius 3 is 1.26 bits per heavy atom. The number of nitrogens with one attached hydrogen (secondary N) is 1. The molecule has 0 bridgehead atoms. The van der Waals surface area contributed by atoms with Crippen LogP contribution < -0.4 is 5.32 Å². The van der Waals surface area contributed by atoms with Crippen LogP contribution in [0.2, 0.25) is 0 Å². The van der Waals surface area contributed by atoms with E-state index in [1.807, 2.05) is 0 Å². The number of hydrogen-bond donors (Lipinski definition) is 3. The van der Waals surface area contributed by atoms with E-state index in [9.17, 15) is 19.8 Å². The van der Waals surface area contributed by atoms with Gasteiger partial charge in [0.25, 0.3) is 0 Å². The van der Waals surface area contributed by atoms with Crippen LogP contribution in [-0.2, 0) is 14.3 Å². The van der Waals surface area contributed by atoms with Crippen molar-refractivity contribution in [3.8, 4) is 0 Å². The molecule has 0 heterocycles. The summed E-state index contributed by atoms with van der Waals surface area (Å²) in [7, 11) is 0. The molecule has 0 aliphatic rings. The monoisotopic (exact) mass is 858 g/mol. The van der Waals surface area contributed by atoms with Crippen LogP contribution in [0.1, 0.15) is 277 Å². The van der Waals surface area contributed by atoms with E-state index < -0.39 is 12.1 Å². The van der Waals surface area contributed by atoms with Crippen LogP contribution >= 0.6 is 0 Å². The Hall–Kier alpha value is -1.92. The van der Waals surface area contributed by atoms with Gasteiger partial charge in [0.1, 0.15) is 0 Å². The van der Waals surface area contributed by atoms with Gasteiger partial charge >= 0.3 is 5.97 Å². The van der Waals surface area contributed by atoms with E-state index in [1.54, 1.807) is 0 Å². The van der Waals surface area contributed by atoms with Gasteiger partial charge in [-0.3, -0.25) is 9.59 Å². The second-order valence-electron chi connectivity index (χ2n) is 18.2. The zero-order chi connectivity index (χ0) is 44.4. The van der Waals surface area contributed by atoms with Gasteiger partial charge in [-0.1, -0.05) is 211 Å². The number of hydrogen-bond acceptors (Lipinski definition) is 5. The standard InChI is InChI=1S/C55H103NO5/c1-3-5-7-9-11-13-15-17-25-29-33-37-41-45-49-55(60)61-50-46-42-38-34-30-26-22-20-18-19-21-24-28-32-36-40-44-48-54(59)56-52(51-57)53(58)47-43-39-35-31-27-23-16-14-12-10-8-6-4-2/h15,17-18,20,26,30,52-53,57-58H,3-14,16,19,21-25,27-29,31-51H2,1-2H3,(H,56,59)/b17-15-,20-18-,30-26-. The number of amides is 1. The molecule has 0 saturated carbocycles. The SMILES string of the molecule is CCCCCCC/C=C\CCCCCCCC(=O)OCCCCC/C=C\C/C=C\CCCCCCCCCC(=O)NC(CO)C(O)CCCCCCCCCCCCCCC. The molecule has 6 heteroatoms. The number of carbonyl (C=O) groups is 2. The number of esters is 1. The van der Waals surface area contributed by atoms with Crippen molar-refractivity contribution in [1.82, 2.24) is 5.32 Å². The van der Waals surface area contributed by atoms with Gasteiger partial charge in [-0.2, -0.15) is 0 Å². The summed E-state index contributed by atoms with van der Waals surface area (Å²) in [6, 6.07) is -0.553. The van der Waals surface area contributed by atoms with Gasteiger partial charge < -0.3 is 20.3 Å². The fraction of sp³-hybridized carbons (Fsp3) is 0.855. The first kappa shape index (κ1) is 59.1. The van der Waals surface area contributed by atoms with Crippen molar-refractivity contribution in [3.05, 3.63) is 36.5 Å². The van der Waals surface area contributed by atoms with Crippen LogP contribution in [0.4, 0.5) is 0 Å². The number of rotatable bonds is 49. The number of unbranched alkanes of at least 4 members (excludes halogenated alkanes) is 32. The van der Waals surface area contributed by atoms with Crippen LogP contribution in [0.25, 0.3) is 0 Å². The van der Waals surface area contributed by atoms with Crippen molar-refractivity contribution in [2.75, 3.05) is 13.2 Å². The molecule has 0 aliphatic heterocycles. The van der Waals surface area contributed by atoms with Crippen molar-refractivity contribution in [2.45, 2.75) is 289 Å². The van der Waals surface area contributed by atoms with E-state index in [-0.39, 0.29) is 18.5 Å². The zero-order valence-corrected chi connectivity index (χ0v) is 40.6. The van der Waals surface area contributed by atoms with Crippen molar-refractivity contribution in [3.63, 3.8) is 0 Å². The van der Waals surface area contributed by atoms with Crippen LogP contribution in [0.15, 0.2) is 36.5 Å². The van der Waals surface area contributed by atoms with Gasteiger partial charge in [-0.15, -0.1) is 0 Å². The molecule has 0 aromatic carbocycles. The van der Waals surface area contributed by atoms with Gasteiger partial charge in [0, 0.05) is 12.8 Å². The highest BCUT2D eigenvalue weighted by Crippen LogP contribution is 2.16. The molecule has 1 amide bonds. The highest BCUT2D eigenvalue weighted by Gasteiger charge is 2.20. The molecule has 2 unspecified atom stereocenters. The first-order valence-corrected chi connectivity index (χ1v) is 26.7. The van der Waals surface area contributed by atoms with Crippen molar-refractivity contribution < 1.29 is 24.5 Å². The number of aliphatic hydroxyl groups is 2. The lowest BCUT2D eigenvalue weighted by molar-refractivity contribution is -0.143. The van der Waals surface area contributed by atoms with Gasteiger partial charge in [-0.25, -0.2) is 0 Å². The van der Waals surface area contributed by atoms with E-state index >= 15 is 0 Å². The van der Waals surface area contributed by atoms with Crippen LogP contribution in [-0.4, -0.2) is 47.4 Å². The summed E-state index contributed by atoms with van der Waals surface area (Å²) >= 11 is 0. The van der Waals surface area contributed by atoms with E-state index in [0.717, 1.165) is 83.5 Å². The quantitative estimate of drug-likeness (QED) is 0.0322. The molecule has 0 radical (unpaired) electrons. The lowest BCUT2D eigenvalue weighted by Crippen LogP contribution is -2.45. The minimum absolute atomic E-state index is 0.0244. The molecular weight excluding hydrogens is 755 g/mol. The van der Waals surface area contributed by atoms with Gasteiger partial charge in [-0.05, 0) is 89.9 Å². The number of aliphatic hydroxyl groups excluding tert-OH is 2. The molecule has 0 aromatic heterocycles. The predicted octanol–water partition coefficient (Wildman–Crippen LogP) is 16.1. The maximum absolute atomic E-state index is 12.4. The molecule has 0 saturated heterocycles. The minimum Gasteiger partial charge on any atom is -0.466 e. The summed E-state index contributed by atoms with van der Waals surface area (Å²) in [4.78, 5) is 24.4. The zero-order valence-electron chi connectivity index (χ0n) is 40.6. The topological polar surface area (TPSA) is 95.9 Å². The van der Waals surface area contributed by atoms with E-state index in [0.29, 0.717) is 25.9 Å².